The normalized spacial score (nSPS) is 15.4. The summed E-state index contributed by atoms with van der Waals surface area (Å²) in [5, 5.41) is 6.75. The summed E-state index contributed by atoms with van der Waals surface area (Å²) in [6.07, 6.45) is 1.40. The van der Waals surface area contributed by atoms with Gasteiger partial charge in [0.05, 0.1) is 16.5 Å². The molecule has 0 bridgehead atoms. The van der Waals surface area contributed by atoms with E-state index >= 15 is 0 Å². The number of hydrogen-bond donors (Lipinski definition) is 1. The van der Waals surface area contributed by atoms with Gasteiger partial charge in [0.15, 0.2) is 5.82 Å². The van der Waals surface area contributed by atoms with E-state index in [0.29, 0.717) is 16.5 Å². The van der Waals surface area contributed by atoms with Crippen LogP contribution in [0.5, 0.6) is 0 Å². The molecule has 1 aliphatic heterocycles. The van der Waals surface area contributed by atoms with Crippen LogP contribution in [0.1, 0.15) is 34.6 Å². The summed E-state index contributed by atoms with van der Waals surface area (Å²) in [7, 11) is 0. The zero-order chi connectivity index (χ0) is 22.1. The van der Waals surface area contributed by atoms with Crippen LogP contribution < -0.4 is 5.32 Å². The number of pyridine rings is 1. The van der Waals surface area contributed by atoms with Crippen molar-refractivity contribution in [2.75, 3.05) is 5.32 Å². The van der Waals surface area contributed by atoms with E-state index in [0.717, 1.165) is 18.2 Å². The number of rotatable bonds is 5. The maximum Gasteiger partial charge on any atom is 0.256 e. The van der Waals surface area contributed by atoms with Gasteiger partial charge in [-0.15, -0.1) is 0 Å². The highest BCUT2D eigenvalue weighted by molar-refractivity contribution is 8.00. The fourth-order valence-electron chi connectivity index (χ4n) is 3.08. The second kappa shape index (κ2) is 8.42. The molecule has 0 radical (unpaired) electrons. The highest BCUT2D eigenvalue weighted by Gasteiger charge is 2.27. The zero-order valence-corrected chi connectivity index (χ0v) is 17.4. The van der Waals surface area contributed by atoms with Gasteiger partial charge in [-0.05, 0) is 37.6 Å². The second-order valence-electron chi connectivity index (χ2n) is 7.00. The first-order valence-electron chi connectivity index (χ1n) is 9.29. The first-order valence-corrected chi connectivity index (χ1v) is 10.2. The largest absolute Gasteiger partial charge is 0.337 e. The summed E-state index contributed by atoms with van der Waals surface area (Å²) in [4.78, 5) is 34.9. The highest BCUT2D eigenvalue weighted by atomic mass is 32.2. The van der Waals surface area contributed by atoms with Crippen molar-refractivity contribution >= 4 is 29.3 Å². The van der Waals surface area contributed by atoms with Crippen molar-refractivity contribution < 1.29 is 22.9 Å². The summed E-state index contributed by atoms with van der Waals surface area (Å²) >= 11 is 1.30. The molecule has 31 heavy (non-hydrogen) atoms. The maximum absolute atomic E-state index is 13.7. The predicted molar refractivity (Wildman–Crippen MR) is 107 cm³/mol. The molecule has 4 rings (SSSR count). The fraction of sp³-hybridized carbons (Fsp3) is 0.250. The van der Waals surface area contributed by atoms with Gasteiger partial charge in [-0.1, -0.05) is 16.9 Å². The van der Waals surface area contributed by atoms with Gasteiger partial charge in [-0.25, -0.2) is 13.8 Å². The molecule has 3 aromatic rings. The van der Waals surface area contributed by atoms with Gasteiger partial charge in [-0.2, -0.15) is 4.98 Å². The van der Waals surface area contributed by atoms with Crippen molar-refractivity contribution in [3.63, 3.8) is 0 Å². The quantitative estimate of drug-likeness (QED) is 0.643. The van der Waals surface area contributed by atoms with Crippen molar-refractivity contribution in [2.24, 2.45) is 0 Å². The van der Waals surface area contributed by atoms with Crippen LogP contribution >= 0.6 is 11.8 Å². The van der Waals surface area contributed by atoms with Gasteiger partial charge in [-0.3, -0.25) is 9.59 Å². The number of nitrogens with zero attached hydrogens (tertiary/aromatic N) is 4. The molecule has 0 saturated carbocycles. The van der Waals surface area contributed by atoms with Gasteiger partial charge in [0.1, 0.15) is 23.2 Å². The molecule has 160 valence electrons. The van der Waals surface area contributed by atoms with Gasteiger partial charge < -0.3 is 14.7 Å². The molecule has 11 heteroatoms. The van der Waals surface area contributed by atoms with Crippen molar-refractivity contribution in [3.05, 3.63) is 64.9 Å². The Morgan fingerprint density at radius 2 is 1.97 bits per heavy atom. The molecular weight excluding hydrogens is 428 g/mol. The van der Waals surface area contributed by atoms with Crippen LogP contribution in [0.15, 0.2) is 40.0 Å². The Balaban J connectivity index is 1.64. The summed E-state index contributed by atoms with van der Waals surface area (Å²) < 4.78 is 32.4. The van der Waals surface area contributed by atoms with Crippen LogP contribution in [0.4, 0.5) is 14.5 Å². The van der Waals surface area contributed by atoms with Crippen molar-refractivity contribution in [2.45, 2.75) is 37.2 Å². The summed E-state index contributed by atoms with van der Waals surface area (Å²) in [6.45, 7) is 3.21. The smallest absolute Gasteiger partial charge is 0.256 e. The molecule has 8 nitrogen and oxygen atoms in total. The third-order valence-corrected chi connectivity index (χ3v) is 5.61. The molecule has 1 atom stereocenters. The lowest BCUT2D eigenvalue weighted by Crippen LogP contribution is -2.31. The van der Waals surface area contributed by atoms with Gasteiger partial charge in [0, 0.05) is 18.8 Å². The zero-order valence-electron chi connectivity index (χ0n) is 16.6. The first kappa shape index (κ1) is 20.9. The summed E-state index contributed by atoms with van der Waals surface area (Å²) in [5.74, 6) is -1.60. The fourth-order valence-corrected chi connectivity index (χ4v) is 3.93. The van der Waals surface area contributed by atoms with Gasteiger partial charge in [0.25, 0.3) is 5.91 Å². The minimum absolute atomic E-state index is 0.0764. The van der Waals surface area contributed by atoms with Crippen molar-refractivity contribution in [3.8, 4) is 0 Å². The minimum atomic E-state index is -0.750. The minimum Gasteiger partial charge on any atom is -0.337 e. The van der Waals surface area contributed by atoms with E-state index in [1.807, 2.05) is 0 Å². The van der Waals surface area contributed by atoms with Gasteiger partial charge in [0.2, 0.25) is 11.8 Å². The molecule has 1 aromatic carbocycles. The molecule has 1 unspecified atom stereocenters. The molecule has 3 heterocycles. The van der Waals surface area contributed by atoms with E-state index in [1.165, 1.54) is 28.9 Å². The third-order valence-electron chi connectivity index (χ3n) is 4.49. The molecule has 2 amide bonds. The molecule has 0 fully saturated rings. The van der Waals surface area contributed by atoms with E-state index in [1.54, 1.807) is 13.8 Å². The number of halogens is 2. The topological polar surface area (TPSA) is 101 Å². The van der Waals surface area contributed by atoms with Crippen LogP contribution in [-0.4, -0.2) is 37.1 Å². The number of anilines is 1. The van der Waals surface area contributed by atoms with Crippen molar-refractivity contribution in [1.82, 2.24) is 20.0 Å². The Hall–Kier alpha value is -3.34. The number of carbonyl (C=O) groups excluding carboxylic acids is 2. The standard InChI is InChI=1S/C20H17F2N5O3S/c1-10-18(28)25-16-5-13(7-23-19(16)31-10)20(29)27(9-17-24-11(2)26-30-17)8-12-3-14(21)6-15(22)4-12/h3-7,10H,8-9H2,1-2H3,(H,25,28). The molecule has 2 aromatic heterocycles. The van der Waals surface area contributed by atoms with E-state index in [4.69, 9.17) is 4.52 Å². The number of hydrogen-bond acceptors (Lipinski definition) is 7. The Bertz CT molecular complexity index is 1150. The molecular formula is C20H17F2N5O3S. The number of nitrogens with one attached hydrogen (secondary N) is 1. The molecule has 0 aliphatic carbocycles. The number of fused-ring (bicyclic) bond motifs is 1. The lowest BCUT2D eigenvalue weighted by Gasteiger charge is -2.23. The number of aromatic nitrogens is 3. The van der Waals surface area contributed by atoms with Crippen LogP contribution in [-0.2, 0) is 17.9 Å². The number of aryl methyl sites for hydroxylation is 1. The SMILES string of the molecule is Cc1noc(CN(Cc2cc(F)cc(F)c2)C(=O)c2cnc3c(c2)NC(=O)C(C)S3)n1. The number of thioether (sulfide) groups is 1. The number of amides is 2. The van der Waals surface area contributed by atoms with Crippen molar-refractivity contribution in [1.29, 1.82) is 0 Å². The lowest BCUT2D eigenvalue weighted by atomic mass is 10.1. The molecule has 1 aliphatic rings. The summed E-state index contributed by atoms with van der Waals surface area (Å²) in [5.41, 5.74) is 0.886. The van der Waals surface area contributed by atoms with E-state index < -0.39 is 17.5 Å². The first-order chi connectivity index (χ1) is 14.8. The number of benzene rings is 1. The number of carbonyl (C=O) groups is 2. The second-order valence-corrected chi connectivity index (χ2v) is 8.33. The average Bonchev–Trinajstić information content (AvgIpc) is 3.11. The molecule has 0 saturated heterocycles. The van der Waals surface area contributed by atoms with Gasteiger partial charge >= 0.3 is 0 Å². The van der Waals surface area contributed by atoms with E-state index in [9.17, 15) is 18.4 Å². The lowest BCUT2D eigenvalue weighted by molar-refractivity contribution is -0.115. The maximum atomic E-state index is 13.7. The van der Waals surface area contributed by atoms with E-state index in [2.05, 4.69) is 20.4 Å². The van der Waals surface area contributed by atoms with Crippen LogP contribution in [0.3, 0.4) is 0 Å². The molecule has 0 spiro atoms. The average molecular weight is 445 g/mol. The monoisotopic (exact) mass is 445 g/mol. The third kappa shape index (κ3) is 4.71. The highest BCUT2D eigenvalue weighted by Crippen LogP contribution is 2.34. The Labute approximate surface area is 180 Å². The molecule has 1 N–H and O–H groups in total. The van der Waals surface area contributed by atoms with Crippen LogP contribution in [0.2, 0.25) is 0 Å². The Morgan fingerprint density at radius 1 is 1.23 bits per heavy atom. The predicted octanol–water partition coefficient (Wildman–Crippen LogP) is 3.33. The Kier molecular flexibility index (Phi) is 5.68. The van der Waals surface area contributed by atoms with Crippen LogP contribution in [0.25, 0.3) is 0 Å². The van der Waals surface area contributed by atoms with Crippen LogP contribution in [0, 0.1) is 18.6 Å². The Morgan fingerprint density at radius 3 is 2.65 bits per heavy atom. The summed E-state index contributed by atoms with van der Waals surface area (Å²) in [6, 6.07) is 4.57. The van der Waals surface area contributed by atoms with E-state index in [-0.39, 0.29) is 41.3 Å².